The van der Waals surface area contributed by atoms with Crippen molar-refractivity contribution in [3.63, 3.8) is 0 Å². The highest BCUT2D eigenvalue weighted by atomic mass is 32.2. The third kappa shape index (κ3) is 6.74. The van der Waals surface area contributed by atoms with Crippen LogP contribution in [-0.4, -0.2) is 77.2 Å². The molecule has 3 rings (SSSR count). The number of carbonyl (C=O) groups is 2. The molecule has 2 aromatic rings. The minimum atomic E-state index is -0.278. The summed E-state index contributed by atoms with van der Waals surface area (Å²) in [7, 11) is 3.30. The van der Waals surface area contributed by atoms with Crippen LogP contribution in [0, 0.1) is 11.7 Å². The third-order valence-corrected chi connectivity index (χ3v) is 6.68. The predicted molar refractivity (Wildman–Crippen MR) is 121 cm³/mol. The molecular formula is C23H29FN4O3S. The summed E-state index contributed by atoms with van der Waals surface area (Å²) < 4.78 is 18.4. The number of hydrogen-bond donors (Lipinski definition) is 0. The summed E-state index contributed by atoms with van der Waals surface area (Å²) in [5.41, 5.74) is 0.978. The van der Waals surface area contributed by atoms with Gasteiger partial charge in [-0.05, 0) is 48.9 Å². The van der Waals surface area contributed by atoms with Crippen LogP contribution in [-0.2, 0) is 20.7 Å². The Kier molecular flexibility index (Phi) is 8.99. The van der Waals surface area contributed by atoms with Crippen molar-refractivity contribution in [3.8, 4) is 0 Å². The Morgan fingerprint density at radius 2 is 1.88 bits per heavy atom. The Balaban J connectivity index is 1.60. The molecule has 1 aromatic heterocycles. The maximum absolute atomic E-state index is 13.3. The van der Waals surface area contributed by atoms with Crippen LogP contribution >= 0.6 is 11.8 Å². The van der Waals surface area contributed by atoms with Gasteiger partial charge in [0.15, 0.2) is 5.16 Å². The summed E-state index contributed by atoms with van der Waals surface area (Å²) in [5.74, 6) is 0.247. The Bertz CT molecular complexity index is 877. The Morgan fingerprint density at radius 1 is 1.22 bits per heavy atom. The van der Waals surface area contributed by atoms with Crippen LogP contribution in [0.15, 0.2) is 47.9 Å². The van der Waals surface area contributed by atoms with Gasteiger partial charge < -0.3 is 14.5 Å². The molecule has 0 bridgehead atoms. The number of likely N-dealkylation sites (tertiary alicyclic amines) is 1. The normalized spacial score (nSPS) is 15.4. The first-order valence-corrected chi connectivity index (χ1v) is 11.6. The SMILES string of the molecule is COCC(=O)N(C)[C@H](Cc1ccc(F)cc1)C1CCN(C(=O)CSc2ncccn2)CC1. The number of carbonyl (C=O) groups excluding carboxylic acids is 2. The summed E-state index contributed by atoms with van der Waals surface area (Å²) in [5, 5.41) is 0.591. The van der Waals surface area contributed by atoms with E-state index >= 15 is 0 Å². The molecule has 1 atom stereocenters. The van der Waals surface area contributed by atoms with Gasteiger partial charge in [0.05, 0.1) is 5.75 Å². The number of amides is 2. The van der Waals surface area contributed by atoms with Crippen molar-refractivity contribution in [2.45, 2.75) is 30.5 Å². The van der Waals surface area contributed by atoms with E-state index in [1.54, 1.807) is 42.5 Å². The largest absolute Gasteiger partial charge is 0.375 e. The highest BCUT2D eigenvalue weighted by molar-refractivity contribution is 7.99. The molecular weight excluding hydrogens is 431 g/mol. The van der Waals surface area contributed by atoms with E-state index in [9.17, 15) is 14.0 Å². The topological polar surface area (TPSA) is 75.6 Å². The lowest BCUT2D eigenvalue weighted by Gasteiger charge is -2.40. The zero-order valence-corrected chi connectivity index (χ0v) is 19.3. The van der Waals surface area contributed by atoms with Gasteiger partial charge in [-0.3, -0.25) is 9.59 Å². The molecule has 2 amide bonds. The Hall–Kier alpha value is -2.52. The highest BCUT2D eigenvalue weighted by Crippen LogP contribution is 2.27. The first-order chi connectivity index (χ1) is 15.5. The standard InChI is InChI=1S/C23H29FN4O3S/c1-27(21(29)15-31-2)20(14-17-4-6-19(24)7-5-17)18-8-12-28(13-9-18)22(30)16-32-23-25-10-3-11-26-23/h3-7,10-11,18,20H,8-9,12-16H2,1-2H3/t20-/m1/s1. The average molecular weight is 461 g/mol. The first-order valence-electron chi connectivity index (χ1n) is 10.6. The number of piperidine rings is 1. The predicted octanol–water partition coefficient (Wildman–Crippen LogP) is 2.66. The van der Waals surface area contributed by atoms with Gasteiger partial charge in [0.2, 0.25) is 11.8 Å². The molecule has 1 saturated heterocycles. The smallest absolute Gasteiger partial charge is 0.248 e. The fraction of sp³-hybridized carbons (Fsp3) is 0.478. The first kappa shape index (κ1) is 24.1. The van der Waals surface area contributed by atoms with Gasteiger partial charge in [-0.15, -0.1) is 0 Å². The van der Waals surface area contributed by atoms with Gasteiger partial charge in [0, 0.05) is 45.7 Å². The lowest BCUT2D eigenvalue weighted by Crippen LogP contribution is -2.49. The van der Waals surface area contributed by atoms with Crippen molar-refractivity contribution in [3.05, 3.63) is 54.1 Å². The summed E-state index contributed by atoms with van der Waals surface area (Å²) >= 11 is 1.34. The van der Waals surface area contributed by atoms with Crippen LogP contribution in [0.2, 0.25) is 0 Å². The molecule has 2 heterocycles. The summed E-state index contributed by atoms with van der Waals surface area (Å²) in [6, 6.07) is 8.11. The number of benzene rings is 1. The number of halogens is 1. The van der Waals surface area contributed by atoms with Gasteiger partial charge in [0.25, 0.3) is 0 Å². The van der Waals surface area contributed by atoms with Crippen LogP contribution in [0.25, 0.3) is 0 Å². The number of ether oxygens (including phenoxy) is 1. The Morgan fingerprint density at radius 3 is 2.50 bits per heavy atom. The van der Waals surface area contributed by atoms with Crippen molar-refractivity contribution in [1.29, 1.82) is 0 Å². The second-order valence-electron chi connectivity index (χ2n) is 7.87. The molecule has 0 saturated carbocycles. The van der Waals surface area contributed by atoms with Gasteiger partial charge in [-0.2, -0.15) is 0 Å². The molecule has 1 aliphatic rings. The summed E-state index contributed by atoms with van der Waals surface area (Å²) in [6.45, 7) is 1.31. The lowest BCUT2D eigenvalue weighted by molar-refractivity contribution is -0.138. The number of aromatic nitrogens is 2. The van der Waals surface area contributed by atoms with E-state index in [4.69, 9.17) is 4.74 Å². The lowest BCUT2D eigenvalue weighted by atomic mass is 9.85. The van der Waals surface area contributed by atoms with Crippen LogP contribution in [0.1, 0.15) is 18.4 Å². The van der Waals surface area contributed by atoms with Crippen molar-refractivity contribution < 1.29 is 18.7 Å². The van der Waals surface area contributed by atoms with E-state index in [0.29, 0.717) is 30.4 Å². The maximum atomic E-state index is 13.3. The molecule has 7 nitrogen and oxygen atoms in total. The zero-order chi connectivity index (χ0) is 22.9. The van der Waals surface area contributed by atoms with Gasteiger partial charge in [-0.25, -0.2) is 14.4 Å². The average Bonchev–Trinajstić information content (AvgIpc) is 2.82. The van der Waals surface area contributed by atoms with Crippen molar-refractivity contribution in [2.75, 3.05) is 39.6 Å². The zero-order valence-electron chi connectivity index (χ0n) is 18.4. The third-order valence-electron chi connectivity index (χ3n) is 5.82. The molecule has 0 N–H and O–H groups in total. The van der Waals surface area contributed by atoms with Crippen molar-refractivity contribution >= 4 is 23.6 Å². The summed E-state index contributed by atoms with van der Waals surface area (Å²) in [6.07, 6.45) is 5.55. The van der Waals surface area contributed by atoms with E-state index in [1.807, 2.05) is 4.90 Å². The maximum Gasteiger partial charge on any atom is 0.248 e. The molecule has 172 valence electrons. The van der Waals surface area contributed by atoms with E-state index in [1.165, 1.54) is 31.0 Å². The van der Waals surface area contributed by atoms with E-state index in [-0.39, 0.29) is 36.2 Å². The van der Waals surface area contributed by atoms with Crippen LogP contribution in [0.3, 0.4) is 0 Å². The van der Waals surface area contributed by atoms with Crippen LogP contribution in [0.5, 0.6) is 0 Å². The molecule has 1 fully saturated rings. The minimum absolute atomic E-state index is 0.0204. The quantitative estimate of drug-likeness (QED) is 0.423. The molecule has 0 aliphatic carbocycles. The fourth-order valence-corrected chi connectivity index (χ4v) is 4.71. The molecule has 1 aromatic carbocycles. The minimum Gasteiger partial charge on any atom is -0.375 e. The fourth-order valence-electron chi connectivity index (χ4n) is 4.00. The number of likely N-dealkylation sites (N-methyl/N-ethyl adjacent to an activating group) is 1. The van der Waals surface area contributed by atoms with Crippen LogP contribution < -0.4 is 0 Å². The number of rotatable bonds is 9. The van der Waals surface area contributed by atoms with Gasteiger partial charge >= 0.3 is 0 Å². The second-order valence-corrected chi connectivity index (χ2v) is 8.82. The monoisotopic (exact) mass is 460 g/mol. The molecule has 0 radical (unpaired) electrons. The number of methoxy groups -OCH3 is 1. The Labute approximate surface area is 192 Å². The van der Waals surface area contributed by atoms with Crippen molar-refractivity contribution in [1.82, 2.24) is 19.8 Å². The van der Waals surface area contributed by atoms with Gasteiger partial charge in [0.1, 0.15) is 12.4 Å². The van der Waals surface area contributed by atoms with E-state index < -0.39 is 0 Å². The number of nitrogens with zero attached hydrogens (tertiary/aromatic N) is 4. The molecule has 1 aliphatic heterocycles. The molecule has 0 spiro atoms. The summed E-state index contributed by atoms with van der Waals surface area (Å²) in [4.78, 5) is 37.1. The highest BCUT2D eigenvalue weighted by Gasteiger charge is 2.32. The molecule has 0 unspecified atom stereocenters. The molecule has 32 heavy (non-hydrogen) atoms. The van der Waals surface area contributed by atoms with E-state index in [2.05, 4.69) is 9.97 Å². The second kappa shape index (κ2) is 11.9. The van der Waals surface area contributed by atoms with E-state index in [0.717, 1.165) is 18.4 Å². The van der Waals surface area contributed by atoms with Gasteiger partial charge in [-0.1, -0.05) is 23.9 Å². The van der Waals surface area contributed by atoms with Crippen molar-refractivity contribution in [2.24, 2.45) is 5.92 Å². The molecule has 9 heteroatoms. The number of thioether (sulfide) groups is 1. The number of hydrogen-bond acceptors (Lipinski definition) is 6. The van der Waals surface area contributed by atoms with Crippen LogP contribution in [0.4, 0.5) is 4.39 Å².